The lowest BCUT2D eigenvalue weighted by molar-refractivity contribution is 0.0369. The molecule has 6 rings (SSSR count). The van der Waals surface area contributed by atoms with Crippen LogP contribution < -0.4 is 0 Å². The van der Waals surface area contributed by atoms with Gasteiger partial charge in [0.1, 0.15) is 0 Å². The number of benzene rings is 1. The second-order valence-corrected chi connectivity index (χ2v) is 9.52. The molecule has 5 heterocycles. The van der Waals surface area contributed by atoms with E-state index in [0.717, 1.165) is 33.6 Å². The van der Waals surface area contributed by atoms with Crippen LogP contribution in [0.25, 0.3) is 33.6 Å². The summed E-state index contributed by atoms with van der Waals surface area (Å²) in [6, 6.07) is 10.2. The summed E-state index contributed by atoms with van der Waals surface area (Å²) in [5, 5.41) is 9.00. The maximum Gasteiger partial charge on any atom is 0.159 e. The number of nitrogens with zero attached hydrogens (tertiary/aromatic N) is 7. The first kappa shape index (κ1) is 20.3. The van der Waals surface area contributed by atoms with Crippen LogP contribution in [0.4, 0.5) is 0 Å². The molecule has 2 bridgehead atoms. The fourth-order valence-electron chi connectivity index (χ4n) is 5.52. The maximum atomic E-state index is 4.73. The van der Waals surface area contributed by atoms with Gasteiger partial charge in [0.2, 0.25) is 0 Å². The van der Waals surface area contributed by atoms with E-state index in [1.54, 1.807) is 0 Å². The van der Waals surface area contributed by atoms with Gasteiger partial charge >= 0.3 is 0 Å². The predicted molar refractivity (Wildman–Crippen MR) is 128 cm³/mol. The molecule has 2 fully saturated rings. The molecule has 33 heavy (non-hydrogen) atoms. The van der Waals surface area contributed by atoms with Crippen molar-refractivity contribution in [2.75, 3.05) is 7.05 Å². The SMILES string of the molecule is CN1[C@@H]2CCC[C@H]1C[C@H](n1cc(-c3cnc(-c4cccc(-c5cnn(C)c5)c4)nc3)cn1)C2. The first-order valence-corrected chi connectivity index (χ1v) is 11.8. The van der Waals surface area contributed by atoms with Crippen LogP contribution in [0.2, 0.25) is 0 Å². The molecule has 0 saturated carbocycles. The van der Waals surface area contributed by atoms with Crippen molar-refractivity contribution in [3.8, 4) is 33.6 Å². The van der Waals surface area contributed by atoms with Crippen molar-refractivity contribution in [2.45, 2.75) is 50.2 Å². The lowest BCUT2D eigenvalue weighted by Gasteiger charge is -2.47. The van der Waals surface area contributed by atoms with E-state index < -0.39 is 0 Å². The van der Waals surface area contributed by atoms with Gasteiger partial charge < -0.3 is 4.90 Å². The Balaban J connectivity index is 1.21. The molecule has 2 aliphatic rings. The van der Waals surface area contributed by atoms with Crippen LogP contribution in [0.5, 0.6) is 0 Å². The van der Waals surface area contributed by atoms with E-state index in [1.807, 2.05) is 54.8 Å². The second-order valence-electron chi connectivity index (χ2n) is 9.52. The van der Waals surface area contributed by atoms with Crippen LogP contribution in [0.3, 0.4) is 0 Å². The van der Waals surface area contributed by atoms with Crippen LogP contribution in [-0.2, 0) is 7.05 Å². The highest BCUT2D eigenvalue weighted by molar-refractivity contribution is 5.70. The van der Waals surface area contributed by atoms with Gasteiger partial charge in [0.15, 0.2) is 5.82 Å². The van der Waals surface area contributed by atoms with E-state index >= 15 is 0 Å². The zero-order chi connectivity index (χ0) is 22.4. The molecular formula is C26H29N7. The lowest BCUT2D eigenvalue weighted by atomic mass is 9.82. The summed E-state index contributed by atoms with van der Waals surface area (Å²) in [7, 11) is 4.22. The maximum absolute atomic E-state index is 4.73. The largest absolute Gasteiger partial charge is 0.300 e. The molecule has 0 N–H and O–H groups in total. The molecule has 0 spiro atoms. The zero-order valence-electron chi connectivity index (χ0n) is 19.2. The first-order chi connectivity index (χ1) is 16.1. The monoisotopic (exact) mass is 439 g/mol. The zero-order valence-corrected chi connectivity index (χ0v) is 19.2. The lowest BCUT2D eigenvalue weighted by Crippen LogP contribution is -2.50. The van der Waals surface area contributed by atoms with Gasteiger partial charge in [-0.25, -0.2) is 9.97 Å². The van der Waals surface area contributed by atoms with Gasteiger partial charge in [-0.1, -0.05) is 24.6 Å². The van der Waals surface area contributed by atoms with Gasteiger partial charge in [-0.05, 0) is 44.4 Å². The fourth-order valence-corrected chi connectivity index (χ4v) is 5.52. The normalized spacial score (nSPS) is 23.0. The molecule has 2 saturated heterocycles. The quantitative estimate of drug-likeness (QED) is 0.465. The summed E-state index contributed by atoms with van der Waals surface area (Å²) in [5.41, 5.74) is 5.27. The van der Waals surface area contributed by atoms with Crippen molar-refractivity contribution < 1.29 is 0 Å². The molecule has 1 aromatic carbocycles. The highest BCUT2D eigenvalue weighted by Gasteiger charge is 2.36. The van der Waals surface area contributed by atoms with Gasteiger partial charge in [0.25, 0.3) is 0 Å². The Morgan fingerprint density at radius 2 is 1.42 bits per heavy atom. The van der Waals surface area contributed by atoms with E-state index in [0.29, 0.717) is 18.1 Å². The second kappa shape index (κ2) is 8.23. The highest BCUT2D eigenvalue weighted by Crippen LogP contribution is 2.38. The molecule has 0 radical (unpaired) electrons. The van der Waals surface area contributed by atoms with Crippen molar-refractivity contribution >= 4 is 0 Å². The molecule has 2 aliphatic heterocycles. The molecule has 7 nitrogen and oxygen atoms in total. The highest BCUT2D eigenvalue weighted by atomic mass is 15.3. The standard InChI is InChI=1S/C26H29N7/c1-31-16-21(14-29-31)18-5-3-6-19(9-18)26-27-12-20(13-28-26)22-15-30-33(17-22)25-10-23-7-4-8-24(11-25)32(23)2/h3,5-6,9,12-17,23-25H,4,7-8,10-11H2,1-2H3/t23-,24+,25-. The van der Waals surface area contributed by atoms with E-state index in [1.165, 1.54) is 32.1 Å². The topological polar surface area (TPSA) is 64.7 Å². The smallest absolute Gasteiger partial charge is 0.159 e. The fraction of sp³-hybridized carbons (Fsp3) is 0.385. The van der Waals surface area contributed by atoms with Crippen molar-refractivity contribution in [1.82, 2.24) is 34.4 Å². The van der Waals surface area contributed by atoms with E-state index in [9.17, 15) is 0 Å². The van der Waals surface area contributed by atoms with Gasteiger partial charge in [0.05, 0.1) is 18.4 Å². The number of fused-ring (bicyclic) bond motifs is 2. The van der Waals surface area contributed by atoms with Crippen LogP contribution in [0.1, 0.15) is 38.1 Å². The molecule has 168 valence electrons. The summed E-state index contributed by atoms with van der Waals surface area (Å²) >= 11 is 0. The number of aryl methyl sites for hydroxylation is 1. The Kier molecular flexibility index (Phi) is 5.06. The van der Waals surface area contributed by atoms with Gasteiger partial charge in [-0.3, -0.25) is 9.36 Å². The van der Waals surface area contributed by atoms with Crippen LogP contribution in [0.15, 0.2) is 61.4 Å². The predicted octanol–water partition coefficient (Wildman–Crippen LogP) is 4.60. The van der Waals surface area contributed by atoms with Gasteiger partial charge in [0, 0.05) is 66.2 Å². The van der Waals surface area contributed by atoms with Gasteiger partial charge in [-0.15, -0.1) is 0 Å². The molecule has 0 amide bonds. The van der Waals surface area contributed by atoms with Crippen molar-refractivity contribution in [3.05, 3.63) is 61.4 Å². The Hall–Kier alpha value is -3.32. The third-order valence-electron chi connectivity index (χ3n) is 7.43. The molecule has 3 aromatic heterocycles. The minimum Gasteiger partial charge on any atom is -0.300 e. The third-order valence-corrected chi connectivity index (χ3v) is 7.43. The summed E-state index contributed by atoms with van der Waals surface area (Å²) in [4.78, 5) is 11.9. The summed E-state index contributed by atoms with van der Waals surface area (Å²) < 4.78 is 3.99. The minimum atomic E-state index is 0.487. The van der Waals surface area contributed by atoms with Gasteiger partial charge in [-0.2, -0.15) is 10.2 Å². The van der Waals surface area contributed by atoms with E-state index in [2.05, 4.69) is 50.0 Å². The number of rotatable bonds is 4. The molecule has 3 atom stereocenters. The van der Waals surface area contributed by atoms with E-state index in [4.69, 9.17) is 5.10 Å². The Labute approximate surface area is 194 Å². The molecule has 0 aliphatic carbocycles. The number of hydrogen-bond acceptors (Lipinski definition) is 5. The van der Waals surface area contributed by atoms with Crippen LogP contribution in [0, 0.1) is 0 Å². The molecule has 4 aromatic rings. The number of aromatic nitrogens is 6. The van der Waals surface area contributed by atoms with Crippen LogP contribution in [-0.4, -0.2) is 53.6 Å². The average Bonchev–Trinajstić information content (AvgIpc) is 3.49. The van der Waals surface area contributed by atoms with Crippen molar-refractivity contribution in [1.29, 1.82) is 0 Å². The minimum absolute atomic E-state index is 0.487. The molecule has 7 heteroatoms. The molecule has 0 unspecified atom stereocenters. The third kappa shape index (κ3) is 3.86. The Morgan fingerprint density at radius 1 is 0.727 bits per heavy atom. The average molecular weight is 440 g/mol. The Bertz CT molecular complexity index is 1240. The number of hydrogen-bond donors (Lipinski definition) is 0. The summed E-state index contributed by atoms with van der Waals surface area (Å²) in [5.74, 6) is 0.722. The number of piperidine rings is 2. The van der Waals surface area contributed by atoms with E-state index in [-0.39, 0.29) is 0 Å². The van der Waals surface area contributed by atoms with Crippen LogP contribution >= 0.6 is 0 Å². The van der Waals surface area contributed by atoms with Crippen molar-refractivity contribution in [2.24, 2.45) is 7.05 Å². The van der Waals surface area contributed by atoms with Crippen molar-refractivity contribution in [3.63, 3.8) is 0 Å². The summed E-state index contributed by atoms with van der Waals surface area (Å²) in [6.07, 6.45) is 18.2. The first-order valence-electron chi connectivity index (χ1n) is 11.8. The molecular weight excluding hydrogens is 410 g/mol. The summed E-state index contributed by atoms with van der Waals surface area (Å²) in [6.45, 7) is 0. The Morgan fingerprint density at radius 3 is 2.15 bits per heavy atom.